The van der Waals surface area contributed by atoms with Gasteiger partial charge in [0.2, 0.25) is 0 Å². The molecule has 3 rings (SSSR count). The molecule has 10 heteroatoms. The Morgan fingerprint density at radius 1 is 0.791 bits per heavy atom. The van der Waals surface area contributed by atoms with E-state index in [1.807, 2.05) is 6.07 Å². The van der Waals surface area contributed by atoms with E-state index in [0.29, 0.717) is 47.6 Å². The molecule has 3 aromatic rings. The molecule has 0 bridgehead atoms. The Balaban J connectivity index is 1.88. The molecule has 0 N–H and O–H groups in total. The summed E-state index contributed by atoms with van der Waals surface area (Å²) in [7, 11) is 3.22. The largest absolute Gasteiger partial charge is 0.493 e. The van der Waals surface area contributed by atoms with Gasteiger partial charge in [0.25, 0.3) is 5.91 Å². The molecule has 0 radical (unpaired) electrons. The zero-order valence-corrected chi connectivity index (χ0v) is 24.9. The summed E-state index contributed by atoms with van der Waals surface area (Å²) in [6.07, 6.45) is 1.12. The second-order valence-electron chi connectivity index (χ2n) is 9.82. The third-order valence-corrected chi connectivity index (χ3v) is 6.41. The summed E-state index contributed by atoms with van der Waals surface area (Å²) in [6, 6.07) is 13.8. The fourth-order valence-electron chi connectivity index (χ4n) is 4.32. The van der Waals surface area contributed by atoms with Gasteiger partial charge in [0.1, 0.15) is 18.1 Å². The van der Waals surface area contributed by atoms with Crippen LogP contribution in [0.2, 0.25) is 0 Å². The Morgan fingerprint density at radius 2 is 1.51 bits per heavy atom. The second-order valence-corrected chi connectivity index (χ2v) is 9.82. The quantitative estimate of drug-likeness (QED) is 0.154. The van der Waals surface area contributed by atoms with Crippen LogP contribution in [0.1, 0.15) is 54.6 Å². The van der Waals surface area contributed by atoms with Gasteiger partial charge in [0, 0.05) is 38.1 Å². The van der Waals surface area contributed by atoms with Crippen molar-refractivity contribution in [3.05, 3.63) is 82.9 Å². The minimum atomic E-state index is -1.00. The maximum atomic E-state index is 14.0. The van der Waals surface area contributed by atoms with Gasteiger partial charge in [-0.05, 0) is 79.8 Å². The third-order valence-electron chi connectivity index (χ3n) is 6.41. The van der Waals surface area contributed by atoms with Crippen molar-refractivity contribution in [2.24, 2.45) is 0 Å². The summed E-state index contributed by atoms with van der Waals surface area (Å²) in [5.74, 6) is -2.03. The number of hydrogen-bond donors (Lipinski definition) is 0. The van der Waals surface area contributed by atoms with Gasteiger partial charge in [0.05, 0.1) is 19.8 Å². The normalized spacial score (nSPS) is 10.7. The summed E-state index contributed by atoms with van der Waals surface area (Å²) in [4.78, 5) is 38.1. The number of carbonyl (C=O) groups is 3. The van der Waals surface area contributed by atoms with Gasteiger partial charge in [-0.15, -0.1) is 0 Å². The van der Waals surface area contributed by atoms with Gasteiger partial charge in [0.15, 0.2) is 11.6 Å². The predicted molar refractivity (Wildman–Crippen MR) is 157 cm³/mol. The molecular formula is C33H37F2NO7. The average Bonchev–Trinajstić information content (AvgIpc) is 2.98. The standard InChI is InChI=1S/C33H37F2NO7/c1-5-40-31(37)11-8-16-42-30-10-7-9-23(27(30)13-15-32(38)41-6-2)21-43-26-18-24(17-25(19-26)33(39)36(3)4)22-12-14-28(34)29(35)20-22/h7,9-10,12,14,17-20H,5-6,8,11,13,15-16,21H2,1-4H3. The Kier molecular flexibility index (Phi) is 12.5. The van der Waals surface area contributed by atoms with Gasteiger partial charge < -0.3 is 23.8 Å². The van der Waals surface area contributed by atoms with Crippen molar-refractivity contribution in [2.75, 3.05) is 33.9 Å². The molecule has 0 heterocycles. The van der Waals surface area contributed by atoms with Crippen LogP contribution in [-0.4, -0.2) is 56.7 Å². The number of hydrogen-bond acceptors (Lipinski definition) is 7. The zero-order valence-electron chi connectivity index (χ0n) is 24.9. The van der Waals surface area contributed by atoms with E-state index in [1.54, 1.807) is 58.3 Å². The molecule has 0 saturated heterocycles. The Bertz CT molecular complexity index is 1420. The fraction of sp³-hybridized carbons (Fsp3) is 0.364. The maximum Gasteiger partial charge on any atom is 0.306 e. The van der Waals surface area contributed by atoms with E-state index < -0.39 is 11.6 Å². The molecule has 0 fully saturated rings. The smallest absolute Gasteiger partial charge is 0.306 e. The lowest BCUT2D eigenvalue weighted by Crippen LogP contribution is -2.21. The van der Waals surface area contributed by atoms with Crippen LogP contribution < -0.4 is 9.47 Å². The van der Waals surface area contributed by atoms with Crippen molar-refractivity contribution in [1.82, 2.24) is 4.90 Å². The van der Waals surface area contributed by atoms with Gasteiger partial charge >= 0.3 is 11.9 Å². The molecule has 0 atom stereocenters. The first-order valence-corrected chi connectivity index (χ1v) is 14.1. The van der Waals surface area contributed by atoms with Crippen LogP contribution in [0.4, 0.5) is 8.78 Å². The molecule has 0 aromatic heterocycles. The molecule has 8 nitrogen and oxygen atoms in total. The van der Waals surface area contributed by atoms with Crippen molar-refractivity contribution in [3.63, 3.8) is 0 Å². The van der Waals surface area contributed by atoms with E-state index in [2.05, 4.69) is 0 Å². The summed E-state index contributed by atoms with van der Waals surface area (Å²) in [6.45, 7) is 4.40. The first kappa shape index (κ1) is 33.0. The Morgan fingerprint density at radius 3 is 2.19 bits per heavy atom. The first-order valence-electron chi connectivity index (χ1n) is 14.1. The second kappa shape index (κ2) is 16.2. The zero-order chi connectivity index (χ0) is 31.4. The van der Waals surface area contributed by atoms with Crippen LogP contribution in [-0.2, 0) is 32.1 Å². The number of nitrogens with zero attached hydrogens (tertiary/aromatic N) is 1. The van der Waals surface area contributed by atoms with Crippen molar-refractivity contribution in [1.29, 1.82) is 0 Å². The topological polar surface area (TPSA) is 91.4 Å². The van der Waals surface area contributed by atoms with Crippen LogP contribution in [0.3, 0.4) is 0 Å². The number of rotatable bonds is 15. The molecule has 1 amide bonds. The van der Waals surface area contributed by atoms with E-state index in [4.69, 9.17) is 18.9 Å². The summed E-state index contributed by atoms with van der Waals surface area (Å²) in [5, 5.41) is 0. The molecule has 0 saturated carbocycles. The summed E-state index contributed by atoms with van der Waals surface area (Å²) < 4.78 is 49.8. The lowest BCUT2D eigenvalue weighted by atomic mass is 10.0. The van der Waals surface area contributed by atoms with Crippen LogP contribution in [0.25, 0.3) is 11.1 Å². The van der Waals surface area contributed by atoms with E-state index in [1.165, 1.54) is 11.0 Å². The molecule has 0 aliphatic rings. The fourth-order valence-corrected chi connectivity index (χ4v) is 4.32. The average molecular weight is 598 g/mol. The molecule has 0 aliphatic heterocycles. The Labute approximate surface area is 250 Å². The van der Waals surface area contributed by atoms with Crippen molar-refractivity contribution >= 4 is 17.8 Å². The van der Waals surface area contributed by atoms with E-state index in [-0.39, 0.29) is 50.5 Å². The minimum absolute atomic E-state index is 0.0645. The molecule has 43 heavy (non-hydrogen) atoms. The molecule has 0 unspecified atom stereocenters. The molecular weight excluding hydrogens is 560 g/mol. The van der Waals surface area contributed by atoms with Gasteiger partial charge in [-0.25, -0.2) is 8.78 Å². The highest BCUT2D eigenvalue weighted by molar-refractivity contribution is 5.95. The minimum Gasteiger partial charge on any atom is -0.493 e. The summed E-state index contributed by atoms with van der Waals surface area (Å²) in [5.41, 5.74) is 2.65. The Hall–Kier alpha value is -4.47. The number of benzene rings is 3. The van der Waals surface area contributed by atoms with Crippen LogP contribution >= 0.6 is 0 Å². The number of esters is 2. The van der Waals surface area contributed by atoms with Crippen LogP contribution in [0.5, 0.6) is 11.5 Å². The molecule has 3 aromatic carbocycles. The van der Waals surface area contributed by atoms with E-state index in [9.17, 15) is 23.2 Å². The summed E-state index contributed by atoms with van der Waals surface area (Å²) >= 11 is 0. The monoisotopic (exact) mass is 597 g/mol. The van der Waals surface area contributed by atoms with Crippen molar-refractivity contribution in [2.45, 2.75) is 46.1 Å². The molecule has 0 aliphatic carbocycles. The highest BCUT2D eigenvalue weighted by Crippen LogP contribution is 2.30. The van der Waals surface area contributed by atoms with Crippen molar-refractivity contribution in [3.8, 4) is 22.6 Å². The molecule has 0 spiro atoms. The number of halogens is 2. The lowest BCUT2D eigenvalue weighted by Gasteiger charge is -2.18. The van der Waals surface area contributed by atoms with Gasteiger partial charge in [-0.2, -0.15) is 0 Å². The van der Waals surface area contributed by atoms with Gasteiger partial charge in [-0.1, -0.05) is 18.2 Å². The lowest BCUT2D eigenvalue weighted by molar-refractivity contribution is -0.144. The number of amides is 1. The van der Waals surface area contributed by atoms with Crippen molar-refractivity contribution < 1.29 is 42.1 Å². The number of ether oxygens (including phenoxy) is 4. The first-order chi connectivity index (χ1) is 20.6. The highest BCUT2D eigenvalue weighted by Gasteiger charge is 2.17. The van der Waals surface area contributed by atoms with Gasteiger partial charge in [-0.3, -0.25) is 14.4 Å². The number of carbonyl (C=O) groups excluding carboxylic acids is 3. The predicted octanol–water partition coefficient (Wildman–Crippen LogP) is 6.13. The van der Waals surface area contributed by atoms with Crippen LogP contribution in [0.15, 0.2) is 54.6 Å². The van der Waals surface area contributed by atoms with E-state index in [0.717, 1.165) is 23.3 Å². The third kappa shape index (κ3) is 9.80. The maximum absolute atomic E-state index is 14.0. The van der Waals surface area contributed by atoms with E-state index >= 15 is 0 Å². The highest BCUT2D eigenvalue weighted by atomic mass is 19.2. The molecule has 230 valence electrons. The SMILES string of the molecule is CCOC(=O)CCCOc1cccc(COc2cc(C(=O)N(C)C)cc(-c3ccc(F)c(F)c3)c2)c1CCC(=O)OCC. The van der Waals surface area contributed by atoms with Crippen LogP contribution in [0, 0.1) is 11.6 Å².